The molecule has 0 aliphatic heterocycles. The maximum absolute atomic E-state index is 12.5. The van der Waals surface area contributed by atoms with Gasteiger partial charge in [-0.2, -0.15) is 0 Å². The number of esters is 1. The van der Waals surface area contributed by atoms with Crippen LogP contribution in [0.1, 0.15) is 12.6 Å². The Hall–Kier alpha value is -3.67. The molecule has 6 heteroatoms. The zero-order valence-electron chi connectivity index (χ0n) is 15.2. The van der Waals surface area contributed by atoms with Gasteiger partial charge in [-0.15, -0.1) is 0 Å². The molecule has 0 saturated carbocycles. The molecule has 0 spiro atoms. The summed E-state index contributed by atoms with van der Waals surface area (Å²) in [5.41, 5.74) is 1.77. The van der Waals surface area contributed by atoms with Gasteiger partial charge in [-0.1, -0.05) is 53.7 Å². The first-order chi connectivity index (χ1) is 13.6. The molecule has 1 amide bonds. The highest BCUT2D eigenvalue weighted by atomic mass is 16.5. The van der Waals surface area contributed by atoms with Crippen molar-refractivity contribution in [1.29, 1.82) is 0 Å². The number of aromatic nitrogens is 1. The third kappa shape index (κ3) is 3.57. The number of para-hydroxylation sites is 1. The van der Waals surface area contributed by atoms with Crippen LogP contribution in [-0.4, -0.2) is 23.1 Å². The Labute approximate surface area is 161 Å². The number of amides is 1. The topological polar surface area (TPSA) is 81.4 Å². The van der Waals surface area contributed by atoms with E-state index in [9.17, 15) is 9.59 Å². The highest BCUT2D eigenvalue weighted by molar-refractivity contribution is 6.03. The summed E-state index contributed by atoms with van der Waals surface area (Å²) in [4.78, 5) is 24.7. The molecule has 1 atom stereocenters. The van der Waals surface area contributed by atoms with Crippen LogP contribution in [0.15, 0.2) is 71.3 Å². The second-order valence-electron chi connectivity index (χ2n) is 6.45. The molecule has 0 radical (unpaired) electrons. The molecular formula is C22H18N2O4. The Morgan fingerprint density at radius 2 is 1.71 bits per heavy atom. The number of carbonyl (C=O) groups excluding carboxylic acids is 2. The lowest BCUT2D eigenvalue weighted by Crippen LogP contribution is -2.30. The van der Waals surface area contributed by atoms with Crippen molar-refractivity contribution in [1.82, 2.24) is 5.16 Å². The van der Waals surface area contributed by atoms with E-state index in [1.807, 2.05) is 60.7 Å². The third-order valence-electron chi connectivity index (χ3n) is 4.49. The fraction of sp³-hybridized carbons (Fsp3) is 0.136. The minimum Gasteiger partial charge on any atom is -0.452 e. The third-order valence-corrected chi connectivity index (χ3v) is 4.49. The van der Waals surface area contributed by atoms with Crippen molar-refractivity contribution >= 4 is 39.3 Å². The van der Waals surface area contributed by atoms with Gasteiger partial charge in [0.1, 0.15) is 5.69 Å². The molecule has 0 unspecified atom stereocenters. The molecule has 0 bridgehead atoms. The zero-order chi connectivity index (χ0) is 19.5. The van der Waals surface area contributed by atoms with Crippen LogP contribution in [0.5, 0.6) is 0 Å². The molecule has 3 aromatic carbocycles. The van der Waals surface area contributed by atoms with Gasteiger partial charge in [-0.25, -0.2) is 0 Å². The van der Waals surface area contributed by atoms with Gasteiger partial charge in [-0.05, 0) is 30.5 Å². The summed E-state index contributed by atoms with van der Waals surface area (Å²) >= 11 is 0. The second-order valence-corrected chi connectivity index (χ2v) is 6.45. The summed E-state index contributed by atoms with van der Waals surface area (Å²) in [6.07, 6.45) is -1.01. The van der Waals surface area contributed by atoms with Crippen molar-refractivity contribution < 1.29 is 18.8 Å². The lowest BCUT2D eigenvalue weighted by Gasteiger charge is -2.14. The van der Waals surface area contributed by atoms with Crippen molar-refractivity contribution in [2.45, 2.75) is 19.4 Å². The van der Waals surface area contributed by atoms with Crippen LogP contribution in [0.2, 0.25) is 0 Å². The molecule has 6 nitrogen and oxygen atoms in total. The number of anilines is 1. The van der Waals surface area contributed by atoms with E-state index >= 15 is 0 Å². The molecule has 140 valence electrons. The van der Waals surface area contributed by atoms with Crippen LogP contribution in [0, 0.1) is 0 Å². The molecule has 0 fully saturated rings. The van der Waals surface area contributed by atoms with Crippen molar-refractivity contribution in [3.8, 4) is 0 Å². The summed E-state index contributed by atoms with van der Waals surface area (Å²) in [6, 6.07) is 20.7. The maximum Gasteiger partial charge on any atom is 0.312 e. The van der Waals surface area contributed by atoms with E-state index in [0.717, 1.165) is 16.2 Å². The van der Waals surface area contributed by atoms with Crippen LogP contribution >= 0.6 is 0 Å². The Balaban J connectivity index is 1.42. The van der Waals surface area contributed by atoms with Crippen LogP contribution in [0.3, 0.4) is 0 Å². The first-order valence-electron chi connectivity index (χ1n) is 8.93. The molecule has 1 heterocycles. The number of rotatable bonds is 5. The SMILES string of the molecule is C[C@@H](OC(=O)Cc1noc2ccccc12)C(=O)Nc1cccc2ccccc12. The minimum absolute atomic E-state index is 0.0666. The summed E-state index contributed by atoms with van der Waals surface area (Å²) in [7, 11) is 0. The lowest BCUT2D eigenvalue weighted by molar-refractivity contribution is -0.152. The molecule has 4 aromatic rings. The number of nitrogens with zero attached hydrogens (tertiary/aromatic N) is 1. The predicted molar refractivity (Wildman–Crippen MR) is 106 cm³/mol. The largest absolute Gasteiger partial charge is 0.452 e. The Morgan fingerprint density at radius 1 is 1.00 bits per heavy atom. The molecule has 0 saturated heterocycles. The van der Waals surface area contributed by atoms with Crippen molar-refractivity contribution in [3.05, 3.63) is 72.4 Å². The van der Waals surface area contributed by atoms with Gasteiger partial charge in [0.15, 0.2) is 11.7 Å². The molecular weight excluding hydrogens is 356 g/mol. The summed E-state index contributed by atoms with van der Waals surface area (Å²) in [6.45, 7) is 1.54. The summed E-state index contributed by atoms with van der Waals surface area (Å²) in [5.74, 6) is -0.936. The van der Waals surface area contributed by atoms with Crippen LogP contribution in [-0.2, 0) is 20.7 Å². The first kappa shape index (κ1) is 17.7. The molecule has 0 aliphatic carbocycles. The zero-order valence-corrected chi connectivity index (χ0v) is 15.2. The first-order valence-corrected chi connectivity index (χ1v) is 8.93. The van der Waals surface area contributed by atoms with E-state index in [1.54, 1.807) is 13.0 Å². The monoisotopic (exact) mass is 374 g/mol. The molecule has 28 heavy (non-hydrogen) atoms. The van der Waals surface area contributed by atoms with Gasteiger partial charge in [-0.3, -0.25) is 9.59 Å². The smallest absolute Gasteiger partial charge is 0.312 e. The normalized spacial score (nSPS) is 12.0. The maximum atomic E-state index is 12.5. The van der Waals surface area contributed by atoms with E-state index in [2.05, 4.69) is 10.5 Å². The van der Waals surface area contributed by atoms with Gasteiger partial charge in [0.2, 0.25) is 0 Å². The number of hydrogen-bond acceptors (Lipinski definition) is 5. The molecule has 4 rings (SSSR count). The van der Waals surface area contributed by atoms with Crippen molar-refractivity contribution in [2.24, 2.45) is 0 Å². The Morgan fingerprint density at radius 3 is 2.57 bits per heavy atom. The number of carbonyl (C=O) groups is 2. The van der Waals surface area contributed by atoms with Crippen molar-refractivity contribution in [3.63, 3.8) is 0 Å². The average molecular weight is 374 g/mol. The van der Waals surface area contributed by atoms with Crippen LogP contribution in [0.25, 0.3) is 21.7 Å². The van der Waals surface area contributed by atoms with Crippen LogP contribution in [0.4, 0.5) is 5.69 Å². The quantitative estimate of drug-likeness (QED) is 0.532. The molecule has 0 aliphatic rings. The van der Waals surface area contributed by atoms with Gasteiger partial charge in [0, 0.05) is 16.5 Å². The van der Waals surface area contributed by atoms with E-state index in [0.29, 0.717) is 17.0 Å². The predicted octanol–water partition coefficient (Wildman–Crippen LogP) is 4.09. The lowest BCUT2D eigenvalue weighted by atomic mass is 10.1. The van der Waals surface area contributed by atoms with Gasteiger partial charge in [0.05, 0.1) is 6.42 Å². The van der Waals surface area contributed by atoms with Gasteiger partial charge in [0.25, 0.3) is 5.91 Å². The molecule has 1 N–H and O–H groups in total. The Bertz CT molecular complexity index is 1160. The van der Waals surface area contributed by atoms with Gasteiger partial charge >= 0.3 is 5.97 Å². The van der Waals surface area contributed by atoms with Crippen molar-refractivity contribution in [2.75, 3.05) is 5.32 Å². The highest BCUT2D eigenvalue weighted by Crippen LogP contribution is 2.23. The number of fused-ring (bicyclic) bond motifs is 2. The fourth-order valence-corrected chi connectivity index (χ4v) is 3.06. The van der Waals surface area contributed by atoms with E-state index in [-0.39, 0.29) is 6.42 Å². The van der Waals surface area contributed by atoms with Gasteiger partial charge < -0.3 is 14.6 Å². The fourth-order valence-electron chi connectivity index (χ4n) is 3.06. The average Bonchev–Trinajstić information content (AvgIpc) is 3.11. The number of hydrogen-bond donors (Lipinski definition) is 1. The minimum atomic E-state index is -0.940. The van der Waals surface area contributed by atoms with E-state index in [4.69, 9.17) is 9.26 Å². The Kier molecular flexibility index (Phi) is 4.76. The number of nitrogens with one attached hydrogen (secondary N) is 1. The van der Waals surface area contributed by atoms with Crippen LogP contribution < -0.4 is 5.32 Å². The van der Waals surface area contributed by atoms with E-state index < -0.39 is 18.0 Å². The summed E-state index contributed by atoms with van der Waals surface area (Å²) < 4.78 is 10.5. The number of ether oxygens (including phenoxy) is 1. The highest BCUT2D eigenvalue weighted by Gasteiger charge is 2.20. The molecule has 1 aromatic heterocycles. The summed E-state index contributed by atoms with van der Waals surface area (Å²) in [5, 5.41) is 9.44. The second kappa shape index (κ2) is 7.52. The standard InChI is InChI=1S/C22H18N2O4/c1-14(22(26)23-18-11-6-8-15-7-2-3-9-16(15)18)27-21(25)13-19-17-10-4-5-12-20(17)28-24-19/h2-12,14H,13H2,1H3,(H,23,26)/t14-/m1/s1. The number of benzene rings is 3. The van der Waals surface area contributed by atoms with E-state index in [1.165, 1.54) is 0 Å².